The number of hydrogen-bond donors (Lipinski definition) is 4. The topological polar surface area (TPSA) is 180 Å². The van der Waals surface area contributed by atoms with Crippen molar-refractivity contribution in [2.24, 2.45) is 11.3 Å². The highest BCUT2D eigenvalue weighted by Crippen LogP contribution is 2.43. The zero-order valence-corrected chi connectivity index (χ0v) is 37.3. The number of likely N-dealkylation sites (tertiary alicyclic amines) is 1. The molecule has 10 rings (SSSR count). The van der Waals surface area contributed by atoms with Gasteiger partial charge in [-0.25, -0.2) is 26.9 Å². The number of ketones is 1. The first-order chi connectivity index (χ1) is 32.4. The van der Waals surface area contributed by atoms with E-state index in [1.807, 2.05) is 29.0 Å². The highest BCUT2D eigenvalue weighted by atomic mass is 32.2. The van der Waals surface area contributed by atoms with Crippen molar-refractivity contribution in [2.45, 2.75) is 44.1 Å². The number of piperidine rings is 2. The first-order valence-electron chi connectivity index (χ1n) is 22.4. The Morgan fingerprint density at radius 1 is 0.809 bits per heavy atom. The zero-order valence-electron chi connectivity index (χ0n) is 36.5. The third-order valence-electron chi connectivity index (χ3n) is 13.8. The third-order valence-corrected chi connectivity index (χ3v) is 15.3. The van der Waals surface area contributed by atoms with Gasteiger partial charge in [0.25, 0.3) is 11.8 Å². The van der Waals surface area contributed by atoms with Crippen LogP contribution in [0.5, 0.6) is 0 Å². The minimum absolute atomic E-state index is 0.105. The zero-order chi connectivity index (χ0) is 47.7. The van der Waals surface area contributed by atoms with Crippen LogP contribution in [0.25, 0.3) is 22.2 Å². The number of aromatic nitrogens is 2. The lowest BCUT2D eigenvalue weighted by molar-refractivity contribution is -0.134. The molecule has 15 nitrogen and oxygen atoms in total. The van der Waals surface area contributed by atoms with E-state index in [0.717, 1.165) is 82.0 Å². The Bertz CT molecular complexity index is 2970. The summed E-state index contributed by atoms with van der Waals surface area (Å²) in [7, 11) is -4.64. The maximum Gasteiger partial charge on any atom is 0.301 e. The maximum absolute atomic E-state index is 15.8. The van der Waals surface area contributed by atoms with Crippen LogP contribution in [0.4, 0.5) is 39.0 Å². The van der Waals surface area contributed by atoms with E-state index < -0.39 is 93.9 Å². The molecule has 0 radical (unpaired) electrons. The third kappa shape index (κ3) is 8.77. The van der Waals surface area contributed by atoms with Crippen molar-refractivity contribution >= 4 is 61.8 Å². The number of nitrogens with one attached hydrogen (secondary N) is 4. The Morgan fingerprint density at radius 2 is 1.54 bits per heavy atom. The Hall–Kier alpha value is -6.45. The molecular formula is C47H46F5N9O6S. The van der Waals surface area contributed by atoms with Gasteiger partial charge in [-0.15, -0.1) is 0 Å². The van der Waals surface area contributed by atoms with Crippen molar-refractivity contribution < 1.29 is 49.5 Å². The van der Waals surface area contributed by atoms with E-state index in [4.69, 9.17) is 0 Å². The summed E-state index contributed by atoms with van der Waals surface area (Å²) in [5.41, 5.74) is 1.58. The average molecular weight is 960 g/mol. The normalized spacial score (nSPS) is 20.9. The minimum Gasteiger partial charge on any atom is -0.372 e. The largest absolute Gasteiger partial charge is 0.372 e. The van der Waals surface area contributed by atoms with Gasteiger partial charge in [0.1, 0.15) is 23.3 Å². The molecule has 68 heavy (non-hydrogen) atoms. The Kier molecular flexibility index (Phi) is 11.5. The number of anilines is 3. The molecule has 7 heterocycles. The Balaban J connectivity index is 0.708. The molecule has 3 amide bonds. The predicted molar refractivity (Wildman–Crippen MR) is 241 cm³/mol. The van der Waals surface area contributed by atoms with Gasteiger partial charge in [-0.3, -0.25) is 29.2 Å². The van der Waals surface area contributed by atoms with Crippen LogP contribution in [0.15, 0.2) is 73.1 Å². The number of halogens is 5. The molecule has 0 aliphatic carbocycles. The molecule has 3 aromatic carbocycles. The Labute approximate surface area is 387 Å². The number of hydrogen-bond acceptors (Lipinski definition) is 10. The molecule has 0 unspecified atom stereocenters. The number of rotatable bonds is 12. The van der Waals surface area contributed by atoms with E-state index in [9.17, 15) is 36.4 Å². The first kappa shape index (κ1) is 45.3. The summed E-state index contributed by atoms with van der Waals surface area (Å²) in [6.45, 7) is 4.72. The van der Waals surface area contributed by atoms with Gasteiger partial charge in [0.2, 0.25) is 17.6 Å². The second kappa shape index (κ2) is 17.3. The van der Waals surface area contributed by atoms with Gasteiger partial charge in [0.15, 0.2) is 5.82 Å². The molecule has 0 saturated carbocycles. The van der Waals surface area contributed by atoms with Crippen LogP contribution in [0.2, 0.25) is 0 Å². The van der Waals surface area contributed by atoms with Crippen molar-refractivity contribution in [1.82, 2.24) is 29.8 Å². The summed E-state index contributed by atoms with van der Waals surface area (Å²) in [5.74, 6) is -8.86. The van der Waals surface area contributed by atoms with E-state index in [2.05, 4.69) is 35.3 Å². The molecule has 356 valence electrons. The van der Waals surface area contributed by atoms with E-state index in [0.29, 0.717) is 21.5 Å². The number of fused-ring (bicyclic) bond motifs is 1. The number of nitrogens with zero attached hydrogens (tertiary/aromatic N) is 5. The number of H-pyrrole nitrogens is 1. The van der Waals surface area contributed by atoms with Crippen molar-refractivity contribution in [2.75, 3.05) is 73.4 Å². The number of imide groups is 1. The second-order valence-corrected chi connectivity index (χ2v) is 20.3. The van der Waals surface area contributed by atoms with Crippen molar-refractivity contribution in [3.63, 3.8) is 0 Å². The molecule has 5 aromatic rings. The van der Waals surface area contributed by atoms with Crippen molar-refractivity contribution in [3.8, 4) is 11.1 Å². The average Bonchev–Trinajstić information content (AvgIpc) is 3.89. The second-order valence-electron chi connectivity index (χ2n) is 18.6. The molecule has 21 heteroatoms. The summed E-state index contributed by atoms with van der Waals surface area (Å²) in [6.07, 6.45) is 4.50. The van der Waals surface area contributed by atoms with E-state index in [-0.39, 0.29) is 40.4 Å². The fraction of sp³-hybridized carbons (Fsp3) is 0.383. The van der Waals surface area contributed by atoms with Crippen LogP contribution in [0.3, 0.4) is 0 Å². The molecule has 2 aromatic heterocycles. The van der Waals surface area contributed by atoms with Gasteiger partial charge in [0.05, 0.1) is 23.4 Å². The highest BCUT2D eigenvalue weighted by Gasteiger charge is 2.52. The number of benzene rings is 3. The van der Waals surface area contributed by atoms with Crippen LogP contribution in [0, 0.1) is 28.8 Å². The summed E-state index contributed by atoms with van der Waals surface area (Å²) >= 11 is 0. The number of alkyl halides is 2. The molecule has 1 spiro atoms. The summed E-state index contributed by atoms with van der Waals surface area (Å²) in [4.78, 5) is 64.1. The van der Waals surface area contributed by atoms with Crippen LogP contribution in [-0.4, -0.2) is 122 Å². The lowest BCUT2D eigenvalue weighted by Crippen LogP contribution is -2.72. The summed E-state index contributed by atoms with van der Waals surface area (Å²) < 4.78 is 101. The number of amides is 3. The molecule has 4 N–H and O–H groups in total. The molecular weight excluding hydrogens is 914 g/mol. The first-order valence-corrected chi connectivity index (χ1v) is 23.8. The molecule has 5 aliphatic heterocycles. The van der Waals surface area contributed by atoms with Gasteiger partial charge in [0, 0.05) is 111 Å². The Morgan fingerprint density at radius 3 is 2.24 bits per heavy atom. The maximum atomic E-state index is 15.8. The van der Waals surface area contributed by atoms with E-state index in [1.165, 1.54) is 18.3 Å². The molecule has 0 bridgehead atoms. The molecule has 1 atom stereocenters. The van der Waals surface area contributed by atoms with Gasteiger partial charge >= 0.3 is 10.2 Å². The van der Waals surface area contributed by atoms with Gasteiger partial charge in [-0.2, -0.15) is 12.7 Å². The highest BCUT2D eigenvalue weighted by molar-refractivity contribution is 7.90. The minimum atomic E-state index is -4.64. The van der Waals surface area contributed by atoms with E-state index >= 15 is 13.2 Å². The van der Waals surface area contributed by atoms with Crippen molar-refractivity contribution in [1.29, 1.82) is 0 Å². The molecule has 5 aliphatic rings. The van der Waals surface area contributed by atoms with E-state index in [1.54, 1.807) is 18.3 Å². The van der Waals surface area contributed by atoms with Gasteiger partial charge in [-0.1, -0.05) is 12.1 Å². The smallest absolute Gasteiger partial charge is 0.301 e. The quantitative estimate of drug-likeness (QED) is 0.0714. The predicted octanol–water partition coefficient (Wildman–Crippen LogP) is 5.45. The standard InChI is InChI=1S/C47H46F5N9O6S/c48-35-7-8-37(57-68(66,67)61-16-13-47(51,52)26-61)41(50)40(35)42(63)34-20-54-43-33(34)17-29(19-53-43)28-1-3-30(4-2-28)59-14-11-27(12-15-59)21-58-22-46(23-58)24-60(25-46)31-5-6-32(36(49)18-31)44(64)55-38-9-10-39(62)56-45(38)65/h1-8,17-20,27,38,57H,9-16,21-26H2,(H,53,54)(H,55,64)(H,56,62,65)/t38-/m0/s1. The van der Waals surface area contributed by atoms with Crippen molar-refractivity contribution in [3.05, 3.63) is 107 Å². The fourth-order valence-electron chi connectivity index (χ4n) is 10.2. The number of carbonyl (C=O) groups excluding carboxylic acids is 4. The lowest BCUT2D eigenvalue weighted by Gasteiger charge is -2.61. The number of carbonyl (C=O) groups is 4. The fourth-order valence-corrected chi connectivity index (χ4v) is 11.4. The van der Waals surface area contributed by atoms with Gasteiger partial charge in [-0.05, 0) is 79.3 Å². The molecule has 5 fully saturated rings. The van der Waals surface area contributed by atoms with Crippen LogP contribution < -0.4 is 25.2 Å². The summed E-state index contributed by atoms with van der Waals surface area (Å²) in [5, 5.41) is 4.98. The number of pyridine rings is 1. The molecule has 5 saturated heterocycles. The summed E-state index contributed by atoms with van der Waals surface area (Å²) in [6, 6.07) is 14.7. The van der Waals surface area contributed by atoms with Gasteiger partial charge < -0.3 is 25.0 Å². The SMILES string of the molecule is O=C1CC[C@H](NC(=O)c2ccc(N3CC4(CN(CC5CCN(c6ccc(-c7cnc8[nH]cc(C(=O)c9c(F)ccc(NS(=O)(=O)N%10CCC(F)(F)C%10)c9F)c8c7)cc6)CC5)C4)C3)cc2F)C(=O)N1. The monoisotopic (exact) mass is 959 g/mol. The van der Waals surface area contributed by atoms with Crippen LogP contribution >= 0.6 is 0 Å². The lowest BCUT2D eigenvalue weighted by atomic mass is 9.72. The number of aromatic amines is 1. The van der Waals surface area contributed by atoms with Crippen LogP contribution in [-0.2, 0) is 19.8 Å². The van der Waals surface area contributed by atoms with Crippen LogP contribution in [0.1, 0.15) is 58.4 Å².